The minimum Gasteiger partial charge on any atom is -0.508 e. The molecule has 0 bridgehead atoms. The van der Waals surface area contributed by atoms with Gasteiger partial charge in [-0.15, -0.1) is 0 Å². The molecule has 0 saturated carbocycles. The number of para-hydroxylation sites is 1. The molecule has 0 unspecified atom stereocenters. The predicted molar refractivity (Wildman–Crippen MR) is 145 cm³/mol. The first-order chi connectivity index (χ1) is 18.0. The highest BCUT2D eigenvalue weighted by molar-refractivity contribution is 7.81. The van der Waals surface area contributed by atoms with E-state index in [1.54, 1.807) is 30.3 Å². The van der Waals surface area contributed by atoms with E-state index in [4.69, 9.17) is 14.2 Å². The molecule has 4 aromatic carbocycles. The molecule has 0 heterocycles. The molecule has 0 aliphatic rings. The van der Waals surface area contributed by atoms with Gasteiger partial charge in [0.25, 0.3) is 0 Å². The van der Waals surface area contributed by atoms with Gasteiger partial charge in [-0.3, -0.25) is 10.1 Å². The van der Waals surface area contributed by atoms with Crippen LogP contribution in [-0.2, 0) is 14.3 Å². The highest BCUT2D eigenvalue weighted by atomic mass is 32.1. The van der Waals surface area contributed by atoms with Crippen LogP contribution < -0.4 is 10.1 Å². The summed E-state index contributed by atoms with van der Waals surface area (Å²) in [5.41, 5.74) is 1.21. The number of carbonyl (C=O) groups excluding carboxylic acids is 2. The van der Waals surface area contributed by atoms with E-state index >= 15 is 0 Å². The molecule has 8 heteroatoms. The Morgan fingerprint density at radius 3 is 2.32 bits per heavy atom. The number of anilines is 1. The number of nitrogens with one attached hydrogen (secondary N) is 1. The molecule has 37 heavy (non-hydrogen) atoms. The molecule has 7 nitrogen and oxygen atoms in total. The van der Waals surface area contributed by atoms with Crippen LogP contribution in [0.15, 0.2) is 97.1 Å². The van der Waals surface area contributed by atoms with E-state index in [-0.39, 0.29) is 24.5 Å². The van der Waals surface area contributed by atoms with Gasteiger partial charge >= 0.3 is 12.1 Å². The minimum atomic E-state index is -0.884. The number of carbonyl (C=O) groups is 2. The molecule has 2 atom stereocenters. The third kappa shape index (κ3) is 7.17. The second kappa shape index (κ2) is 12.7. The fourth-order valence-corrected chi connectivity index (χ4v) is 3.98. The number of benzene rings is 4. The van der Waals surface area contributed by atoms with Crippen LogP contribution in [0.5, 0.6) is 11.5 Å². The molecule has 0 radical (unpaired) electrons. The number of ether oxygens (including phenoxy) is 3. The Labute approximate surface area is 220 Å². The number of amides is 1. The normalized spacial score (nSPS) is 12.4. The average Bonchev–Trinajstić information content (AvgIpc) is 2.92. The van der Waals surface area contributed by atoms with Crippen molar-refractivity contribution in [2.45, 2.75) is 18.6 Å². The Hall–Kier alpha value is -4.17. The van der Waals surface area contributed by atoms with E-state index in [0.717, 1.165) is 10.8 Å². The van der Waals surface area contributed by atoms with Crippen LogP contribution in [-0.4, -0.2) is 35.6 Å². The molecule has 0 saturated heterocycles. The lowest BCUT2D eigenvalue weighted by Gasteiger charge is -2.28. The van der Waals surface area contributed by atoms with Crippen LogP contribution >= 0.6 is 12.6 Å². The Morgan fingerprint density at radius 1 is 0.865 bits per heavy atom. The summed E-state index contributed by atoms with van der Waals surface area (Å²) < 4.78 is 17.4. The van der Waals surface area contributed by atoms with Crippen LogP contribution in [0.1, 0.15) is 18.1 Å². The van der Waals surface area contributed by atoms with Crippen molar-refractivity contribution in [2.75, 3.05) is 17.7 Å². The number of fused-ring (bicyclic) bond motifs is 1. The quantitative estimate of drug-likeness (QED) is 0.173. The van der Waals surface area contributed by atoms with Crippen LogP contribution in [0.2, 0.25) is 0 Å². The maximum Gasteiger partial charge on any atom is 0.412 e. The molecule has 0 spiro atoms. The Morgan fingerprint density at radius 2 is 1.57 bits per heavy atom. The molecule has 0 aliphatic heterocycles. The number of hydrogen-bond donors (Lipinski definition) is 3. The lowest BCUT2D eigenvalue weighted by atomic mass is 10.0. The van der Waals surface area contributed by atoms with Gasteiger partial charge in [0.2, 0.25) is 0 Å². The minimum absolute atomic E-state index is 0.0414. The summed E-state index contributed by atoms with van der Waals surface area (Å²) in [6.07, 6.45) is -2.03. The highest BCUT2D eigenvalue weighted by Crippen LogP contribution is 2.30. The van der Waals surface area contributed by atoms with Gasteiger partial charge in [-0.25, -0.2) is 4.79 Å². The van der Waals surface area contributed by atoms with Gasteiger partial charge < -0.3 is 19.3 Å². The van der Waals surface area contributed by atoms with Gasteiger partial charge in [0.15, 0.2) is 6.10 Å². The lowest BCUT2D eigenvalue weighted by molar-refractivity contribution is -0.141. The van der Waals surface area contributed by atoms with Gasteiger partial charge in [-0.1, -0.05) is 66.7 Å². The van der Waals surface area contributed by atoms with Crippen molar-refractivity contribution in [3.63, 3.8) is 0 Å². The number of thiol groups is 1. The van der Waals surface area contributed by atoms with E-state index < -0.39 is 24.3 Å². The van der Waals surface area contributed by atoms with E-state index in [9.17, 15) is 14.7 Å². The van der Waals surface area contributed by atoms with Gasteiger partial charge in [0.1, 0.15) is 17.6 Å². The summed E-state index contributed by atoms with van der Waals surface area (Å²) in [7, 11) is 0. The average molecular weight is 518 g/mol. The zero-order valence-corrected chi connectivity index (χ0v) is 20.8. The van der Waals surface area contributed by atoms with E-state index in [0.29, 0.717) is 17.0 Å². The maximum absolute atomic E-state index is 13.2. The summed E-state index contributed by atoms with van der Waals surface area (Å²) in [6.45, 7) is 0.0414. The first-order valence-electron chi connectivity index (χ1n) is 11.8. The van der Waals surface area contributed by atoms with E-state index in [1.165, 1.54) is 12.1 Å². The van der Waals surface area contributed by atoms with Crippen molar-refractivity contribution < 1.29 is 28.9 Å². The number of esters is 1. The van der Waals surface area contributed by atoms with Gasteiger partial charge in [0.05, 0.1) is 18.0 Å². The monoisotopic (exact) mass is 517 g/mol. The third-order valence-electron chi connectivity index (χ3n) is 5.64. The summed E-state index contributed by atoms with van der Waals surface area (Å²) >= 11 is 3.94. The molecule has 190 valence electrons. The second-order valence-corrected chi connectivity index (χ2v) is 8.52. The van der Waals surface area contributed by atoms with Crippen molar-refractivity contribution in [3.05, 3.63) is 103 Å². The SMILES string of the molecule is O=C(CS)OCC[C@H](Oc1ccccc1)[C@@H](OC(=O)Nc1cccc2ccccc12)c1ccc(O)cc1. The Bertz CT molecular complexity index is 1320. The number of phenols is 1. The fraction of sp³-hybridized carbons (Fsp3) is 0.172. The summed E-state index contributed by atoms with van der Waals surface area (Å²) in [5.74, 6) is 0.133. The number of rotatable bonds is 10. The highest BCUT2D eigenvalue weighted by Gasteiger charge is 2.30. The largest absolute Gasteiger partial charge is 0.508 e. The third-order valence-corrected chi connectivity index (χ3v) is 5.90. The predicted octanol–water partition coefficient (Wildman–Crippen LogP) is 6.15. The van der Waals surface area contributed by atoms with E-state index in [1.807, 2.05) is 54.6 Å². The van der Waals surface area contributed by atoms with Gasteiger partial charge in [-0.2, -0.15) is 12.6 Å². The number of phenolic OH excluding ortho intramolecular Hbond substituents is 1. The first-order valence-corrected chi connectivity index (χ1v) is 12.4. The van der Waals surface area contributed by atoms with Crippen molar-refractivity contribution in [1.29, 1.82) is 0 Å². The first kappa shape index (κ1) is 25.9. The standard InChI is InChI=1S/C29H27NO6S/c31-22-15-13-21(14-16-22)28(26(17-18-34-27(32)19-37)35-23-9-2-1-3-10-23)36-29(33)30-25-12-6-8-20-7-4-5-11-24(20)25/h1-16,26,28,31,37H,17-19H2,(H,30,33)/t26-,28-/m0/s1. The summed E-state index contributed by atoms with van der Waals surface area (Å²) in [6, 6.07) is 28.7. The molecular weight excluding hydrogens is 490 g/mol. The zero-order chi connectivity index (χ0) is 26.0. The van der Waals surface area contributed by atoms with Crippen molar-refractivity contribution >= 4 is 41.2 Å². The van der Waals surface area contributed by atoms with Gasteiger partial charge in [-0.05, 0) is 41.3 Å². The molecule has 1 amide bonds. The Balaban J connectivity index is 1.61. The molecular formula is C29H27NO6S. The van der Waals surface area contributed by atoms with Crippen LogP contribution in [0.25, 0.3) is 10.8 Å². The van der Waals surface area contributed by atoms with Gasteiger partial charge in [0, 0.05) is 11.8 Å². The summed E-state index contributed by atoms with van der Waals surface area (Å²) in [4.78, 5) is 24.8. The number of aromatic hydroxyl groups is 1. The molecule has 4 rings (SSSR count). The Kier molecular flexibility index (Phi) is 8.89. The maximum atomic E-state index is 13.2. The van der Waals surface area contributed by atoms with Crippen molar-refractivity contribution in [3.8, 4) is 11.5 Å². The van der Waals surface area contributed by atoms with E-state index in [2.05, 4.69) is 17.9 Å². The van der Waals surface area contributed by atoms with Crippen LogP contribution in [0.3, 0.4) is 0 Å². The number of hydrogen-bond acceptors (Lipinski definition) is 7. The molecule has 0 aromatic heterocycles. The van der Waals surface area contributed by atoms with Crippen LogP contribution in [0, 0.1) is 0 Å². The topological polar surface area (TPSA) is 94.1 Å². The molecule has 4 aromatic rings. The molecule has 2 N–H and O–H groups in total. The smallest absolute Gasteiger partial charge is 0.412 e. The second-order valence-electron chi connectivity index (χ2n) is 8.21. The van der Waals surface area contributed by atoms with Crippen molar-refractivity contribution in [2.24, 2.45) is 0 Å². The zero-order valence-electron chi connectivity index (χ0n) is 19.9. The fourth-order valence-electron chi connectivity index (χ4n) is 3.89. The van der Waals surface area contributed by atoms with Crippen LogP contribution in [0.4, 0.5) is 10.5 Å². The molecule has 0 aliphatic carbocycles. The summed E-state index contributed by atoms with van der Waals surface area (Å²) in [5, 5.41) is 14.5. The molecule has 0 fully saturated rings. The lowest BCUT2D eigenvalue weighted by Crippen LogP contribution is -2.32. The van der Waals surface area contributed by atoms with Crippen molar-refractivity contribution in [1.82, 2.24) is 0 Å².